The van der Waals surface area contributed by atoms with Crippen molar-refractivity contribution >= 4 is 56.1 Å². The lowest BCUT2D eigenvalue weighted by Gasteiger charge is -2.14. The number of nitrogens with zero attached hydrogens (tertiary/aromatic N) is 3. The highest BCUT2D eigenvalue weighted by Crippen LogP contribution is 2.31. The molecule has 0 amide bonds. The molecular weight excluding hydrogens is 527 g/mol. The first kappa shape index (κ1) is 23.5. The Morgan fingerprint density at radius 1 is 1.18 bits per heavy atom. The summed E-state index contributed by atoms with van der Waals surface area (Å²) in [6.07, 6.45) is 3.93. The Balaban J connectivity index is 1.84. The number of para-hydroxylation sites is 1. The van der Waals surface area contributed by atoms with Crippen molar-refractivity contribution in [3.05, 3.63) is 58.9 Å². The quantitative estimate of drug-likeness (QED) is 0.210. The maximum Gasteiger partial charge on any atom is 0.152 e. The summed E-state index contributed by atoms with van der Waals surface area (Å²) in [5.41, 5.74) is 11.6. The Kier molecular flexibility index (Phi) is 7.17. The average Bonchev–Trinajstić information content (AvgIpc) is 3.17. The van der Waals surface area contributed by atoms with Crippen LogP contribution in [0.1, 0.15) is 48.7 Å². The standard InChI is InChI=1S/C26H29IN4O2/c1-3-4-9-22-30-23-24(20-7-5-6-8-21(20)29-26(23)28)31(22)15-17-12-16(2)25(33)18(13-17)10-11-19(32)14-27/h5-8,12-13,33H,3-4,9-11,14-15H2,1-2H3,(H2,28,29). The van der Waals surface area contributed by atoms with Crippen LogP contribution in [0.15, 0.2) is 36.4 Å². The number of carbonyl (C=O) groups excluding carboxylic acids is 1. The number of Topliss-reactive ketones (excluding diaryl/α,β-unsaturated/α-hetero) is 1. The van der Waals surface area contributed by atoms with Gasteiger partial charge in [-0.1, -0.05) is 66.3 Å². The van der Waals surface area contributed by atoms with Gasteiger partial charge in [0.25, 0.3) is 0 Å². The summed E-state index contributed by atoms with van der Waals surface area (Å²) < 4.78 is 2.73. The molecule has 0 aliphatic rings. The number of aromatic nitrogens is 3. The van der Waals surface area contributed by atoms with E-state index in [2.05, 4.69) is 45.1 Å². The fourth-order valence-corrected chi connectivity index (χ4v) is 4.72. The number of aromatic hydroxyl groups is 1. The summed E-state index contributed by atoms with van der Waals surface area (Å²) in [6.45, 7) is 4.69. The zero-order valence-electron chi connectivity index (χ0n) is 19.1. The van der Waals surface area contributed by atoms with Crippen molar-refractivity contribution in [1.82, 2.24) is 14.5 Å². The molecule has 2 aromatic carbocycles. The molecule has 2 aromatic heterocycles. The van der Waals surface area contributed by atoms with Crippen LogP contribution in [0.4, 0.5) is 5.82 Å². The van der Waals surface area contributed by atoms with Gasteiger partial charge in [-0.25, -0.2) is 9.97 Å². The summed E-state index contributed by atoms with van der Waals surface area (Å²) in [7, 11) is 0. The molecule has 7 heteroatoms. The summed E-state index contributed by atoms with van der Waals surface area (Å²) in [4.78, 5) is 21.3. The molecule has 0 saturated heterocycles. The highest BCUT2D eigenvalue weighted by atomic mass is 127. The van der Waals surface area contributed by atoms with Gasteiger partial charge in [-0.3, -0.25) is 4.79 Å². The molecule has 0 unspecified atom stereocenters. The highest BCUT2D eigenvalue weighted by molar-refractivity contribution is 14.1. The molecule has 0 spiro atoms. The van der Waals surface area contributed by atoms with Gasteiger partial charge in [0, 0.05) is 24.8 Å². The fraction of sp³-hybridized carbons (Fsp3) is 0.346. The van der Waals surface area contributed by atoms with Crippen LogP contribution < -0.4 is 5.73 Å². The van der Waals surface area contributed by atoms with E-state index in [-0.39, 0.29) is 11.5 Å². The van der Waals surface area contributed by atoms with Crippen LogP contribution in [-0.2, 0) is 24.2 Å². The van der Waals surface area contributed by atoms with Gasteiger partial charge >= 0.3 is 0 Å². The minimum Gasteiger partial charge on any atom is -0.507 e. The van der Waals surface area contributed by atoms with Gasteiger partial charge in [0.1, 0.15) is 22.9 Å². The molecule has 0 saturated carbocycles. The molecule has 6 nitrogen and oxygen atoms in total. The fourth-order valence-electron chi connectivity index (χ4n) is 4.34. The number of imidazole rings is 1. The van der Waals surface area contributed by atoms with Gasteiger partial charge < -0.3 is 15.4 Å². The Morgan fingerprint density at radius 3 is 2.73 bits per heavy atom. The van der Waals surface area contributed by atoms with E-state index in [0.717, 1.165) is 63.7 Å². The number of ketones is 1. The van der Waals surface area contributed by atoms with E-state index in [4.69, 9.17) is 10.7 Å². The Hall–Kier alpha value is -2.68. The van der Waals surface area contributed by atoms with Crippen molar-refractivity contribution in [2.45, 2.75) is 52.5 Å². The number of pyridine rings is 1. The molecule has 33 heavy (non-hydrogen) atoms. The molecule has 4 rings (SSSR count). The van der Waals surface area contributed by atoms with Crippen LogP contribution in [0, 0.1) is 6.92 Å². The number of benzene rings is 2. The number of alkyl halides is 1. The number of anilines is 1. The topological polar surface area (TPSA) is 94.0 Å². The monoisotopic (exact) mass is 556 g/mol. The second kappa shape index (κ2) is 10.1. The molecule has 3 N–H and O–H groups in total. The number of carbonyl (C=O) groups is 1. The van der Waals surface area contributed by atoms with Gasteiger partial charge in [-0.05, 0) is 42.5 Å². The minimum absolute atomic E-state index is 0.190. The zero-order valence-corrected chi connectivity index (χ0v) is 21.2. The van der Waals surface area contributed by atoms with Crippen LogP contribution in [0.5, 0.6) is 5.75 Å². The maximum absolute atomic E-state index is 11.9. The van der Waals surface area contributed by atoms with Crippen LogP contribution in [0.3, 0.4) is 0 Å². The van der Waals surface area contributed by atoms with E-state index in [9.17, 15) is 9.90 Å². The number of phenolic OH excluding ortho intramolecular Hbond substituents is 1. The third-order valence-electron chi connectivity index (χ3n) is 6.05. The number of nitrogen functional groups attached to an aromatic ring is 1. The van der Waals surface area contributed by atoms with Crippen molar-refractivity contribution in [3.8, 4) is 5.75 Å². The second-order valence-electron chi connectivity index (χ2n) is 8.52. The highest BCUT2D eigenvalue weighted by Gasteiger charge is 2.18. The minimum atomic E-state index is 0.190. The van der Waals surface area contributed by atoms with E-state index in [1.807, 2.05) is 37.3 Å². The van der Waals surface area contributed by atoms with E-state index >= 15 is 0 Å². The van der Waals surface area contributed by atoms with Crippen LogP contribution in [0.2, 0.25) is 0 Å². The first-order valence-corrected chi connectivity index (χ1v) is 12.9. The number of aryl methyl sites for hydroxylation is 3. The number of fused-ring (bicyclic) bond motifs is 3. The molecule has 0 aliphatic carbocycles. The molecule has 0 bridgehead atoms. The van der Waals surface area contributed by atoms with Crippen molar-refractivity contribution < 1.29 is 9.90 Å². The van der Waals surface area contributed by atoms with Gasteiger partial charge in [-0.2, -0.15) is 0 Å². The van der Waals surface area contributed by atoms with Crippen LogP contribution >= 0.6 is 22.6 Å². The molecule has 0 atom stereocenters. The number of hydrogen-bond donors (Lipinski definition) is 2. The van der Waals surface area contributed by atoms with Gasteiger partial charge in [0.2, 0.25) is 0 Å². The predicted molar refractivity (Wildman–Crippen MR) is 142 cm³/mol. The smallest absolute Gasteiger partial charge is 0.152 e. The van der Waals surface area contributed by atoms with Crippen LogP contribution in [0.25, 0.3) is 21.9 Å². The van der Waals surface area contributed by atoms with Crippen molar-refractivity contribution in [3.63, 3.8) is 0 Å². The van der Waals surface area contributed by atoms with E-state index in [1.54, 1.807) is 0 Å². The second-order valence-corrected chi connectivity index (χ2v) is 9.28. The molecule has 172 valence electrons. The SMILES string of the molecule is CCCCc1nc2c(N)nc3ccccc3c2n1Cc1cc(C)c(O)c(CCC(=O)CI)c1. The third-order valence-corrected chi connectivity index (χ3v) is 6.90. The summed E-state index contributed by atoms with van der Waals surface area (Å²) in [5.74, 6) is 1.90. The lowest BCUT2D eigenvalue weighted by Crippen LogP contribution is -2.07. The zero-order chi connectivity index (χ0) is 23.5. The lowest BCUT2D eigenvalue weighted by molar-refractivity contribution is -0.116. The molecule has 4 aromatic rings. The predicted octanol–water partition coefficient (Wildman–Crippen LogP) is 5.51. The Morgan fingerprint density at radius 2 is 1.97 bits per heavy atom. The average molecular weight is 556 g/mol. The molecule has 0 fully saturated rings. The molecule has 0 radical (unpaired) electrons. The van der Waals surface area contributed by atoms with Gasteiger partial charge in [-0.15, -0.1) is 0 Å². The third kappa shape index (κ3) is 4.83. The number of hydrogen-bond acceptors (Lipinski definition) is 5. The normalized spacial score (nSPS) is 11.5. The van der Waals surface area contributed by atoms with Crippen LogP contribution in [-0.4, -0.2) is 29.9 Å². The first-order valence-electron chi connectivity index (χ1n) is 11.3. The first-order chi connectivity index (χ1) is 15.9. The largest absolute Gasteiger partial charge is 0.507 e. The van der Waals surface area contributed by atoms with E-state index in [0.29, 0.717) is 29.6 Å². The Labute approximate surface area is 207 Å². The van der Waals surface area contributed by atoms with Crippen molar-refractivity contribution in [2.75, 3.05) is 10.2 Å². The molecule has 0 aliphatic heterocycles. The number of halogens is 1. The number of nitrogens with two attached hydrogens (primary N) is 1. The summed E-state index contributed by atoms with van der Waals surface area (Å²) >= 11 is 2.09. The van der Waals surface area contributed by atoms with Crippen molar-refractivity contribution in [2.24, 2.45) is 0 Å². The number of rotatable bonds is 9. The summed E-state index contributed by atoms with van der Waals surface area (Å²) in [5, 5.41) is 11.6. The maximum atomic E-state index is 11.9. The Bertz CT molecular complexity index is 1330. The van der Waals surface area contributed by atoms with Gasteiger partial charge in [0.05, 0.1) is 15.5 Å². The van der Waals surface area contributed by atoms with Gasteiger partial charge in [0.15, 0.2) is 5.82 Å². The van der Waals surface area contributed by atoms with E-state index < -0.39 is 0 Å². The molecular formula is C26H29IN4O2. The number of phenols is 1. The number of unbranched alkanes of at least 4 members (excludes halogenated alkanes) is 1. The van der Waals surface area contributed by atoms with Crippen molar-refractivity contribution in [1.29, 1.82) is 0 Å². The molecule has 2 heterocycles. The van der Waals surface area contributed by atoms with E-state index in [1.165, 1.54) is 0 Å². The summed E-state index contributed by atoms with van der Waals surface area (Å²) in [6, 6.07) is 12.0. The lowest BCUT2D eigenvalue weighted by atomic mass is 10.00.